The largest absolute Gasteiger partial charge is 0.493 e. The molecule has 1 aliphatic heterocycles. The zero-order valence-corrected chi connectivity index (χ0v) is 18.2. The molecule has 2 heterocycles. The Morgan fingerprint density at radius 2 is 1.84 bits per heavy atom. The summed E-state index contributed by atoms with van der Waals surface area (Å²) in [5.74, 6) is 0.571. The van der Waals surface area contributed by atoms with Gasteiger partial charge in [0.2, 0.25) is 5.91 Å². The lowest BCUT2D eigenvalue weighted by atomic mass is 9.92. The van der Waals surface area contributed by atoms with Crippen molar-refractivity contribution in [3.05, 3.63) is 75.8 Å². The molecular weight excluding hydrogens is 413 g/mol. The van der Waals surface area contributed by atoms with Gasteiger partial charge in [-0.05, 0) is 54.8 Å². The van der Waals surface area contributed by atoms with Gasteiger partial charge < -0.3 is 14.4 Å². The van der Waals surface area contributed by atoms with E-state index in [1.54, 1.807) is 37.3 Å². The van der Waals surface area contributed by atoms with Crippen molar-refractivity contribution in [2.45, 2.75) is 25.9 Å². The van der Waals surface area contributed by atoms with Crippen LogP contribution in [-0.4, -0.2) is 41.4 Å². The predicted molar refractivity (Wildman–Crippen MR) is 117 cm³/mol. The average molecular weight is 437 g/mol. The summed E-state index contributed by atoms with van der Waals surface area (Å²) in [7, 11) is 3.16. The molecule has 0 saturated heterocycles. The Hall–Kier alpha value is -3.68. The van der Waals surface area contributed by atoms with E-state index in [2.05, 4.69) is 5.10 Å². The molecule has 0 spiro atoms. The Kier molecular flexibility index (Phi) is 5.94. The number of hydrogen-bond acceptors (Lipinski definition) is 5. The van der Waals surface area contributed by atoms with Crippen LogP contribution in [0.4, 0.5) is 4.39 Å². The van der Waals surface area contributed by atoms with Gasteiger partial charge in [0.15, 0.2) is 11.5 Å². The first-order valence-electron chi connectivity index (χ1n) is 10.3. The zero-order chi connectivity index (χ0) is 22.8. The first kappa shape index (κ1) is 21.5. The van der Waals surface area contributed by atoms with E-state index in [-0.39, 0.29) is 24.1 Å². The molecule has 1 amide bonds. The van der Waals surface area contributed by atoms with E-state index in [1.807, 2.05) is 19.1 Å². The molecule has 166 valence electrons. The number of carbonyl (C=O) groups excluding carboxylic acids is 1. The molecule has 8 heteroatoms. The molecule has 0 N–H and O–H groups in total. The summed E-state index contributed by atoms with van der Waals surface area (Å²) in [5.41, 5.74) is 2.22. The van der Waals surface area contributed by atoms with Crippen LogP contribution in [0.25, 0.3) is 11.3 Å². The highest BCUT2D eigenvalue weighted by Crippen LogP contribution is 2.37. The highest BCUT2D eigenvalue weighted by Gasteiger charge is 2.29. The van der Waals surface area contributed by atoms with E-state index in [1.165, 1.54) is 18.2 Å². The monoisotopic (exact) mass is 437 g/mol. The van der Waals surface area contributed by atoms with Gasteiger partial charge in [0.25, 0.3) is 5.56 Å². The quantitative estimate of drug-likeness (QED) is 0.613. The number of ether oxygens (including phenoxy) is 2. The molecule has 1 unspecified atom stereocenters. The number of halogens is 1. The Labute approximate surface area is 185 Å². The minimum absolute atomic E-state index is 0.212. The second-order valence-electron chi connectivity index (χ2n) is 7.61. The van der Waals surface area contributed by atoms with Crippen LogP contribution in [0.1, 0.15) is 24.1 Å². The first-order chi connectivity index (χ1) is 15.4. The standard InChI is InChI=1S/C24H24FN3O4/c1-15-18-13-22(32-3)21(31-2)12-16(18)10-11-27(15)24(30)14-28-23(29)9-8-20(26-28)17-6-4-5-7-19(17)25/h4-9,12-13,15H,10-11,14H2,1-3H3. The Bertz CT molecular complexity index is 1220. The molecular formula is C24H24FN3O4. The van der Waals surface area contributed by atoms with Gasteiger partial charge in [-0.25, -0.2) is 9.07 Å². The van der Waals surface area contributed by atoms with Crippen LogP contribution >= 0.6 is 0 Å². The molecule has 32 heavy (non-hydrogen) atoms. The topological polar surface area (TPSA) is 73.7 Å². The smallest absolute Gasteiger partial charge is 0.267 e. The fourth-order valence-electron chi connectivity index (χ4n) is 4.08. The molecule has 3 aromatic rings. The van der Waals surface area contributed by atoms with Crippen LogP contribution in [0.3, 0.4) is 0 Å². The summed E-state index contributed by atoms with van der Waals surface area (Å²) >= 11 is 0. The third kappa shape index (κ3) is 3.95. The molecule has 1 atom stereocenters. The number of rotatable bonds is 5. The molecule has 7 nitrogen and oxygen atoms in total. The van der Waals surface area contributed by atoms with Crippen molar-refractivity contribution < 1.29 is 18.7 Å². The number of benzene rings is 2. The summed E-state index contributed by atoms with van der Waals surface area (Å²) in [6.07, 6.45) is 0.656. The van der Waals surface area contributed by atoms with Gasteiger partial charge in [-0.3, -0.25) is 9.59 Å². The van der Waals surface area contributed by atoms with Crippen LogP contribution in [0.2, 0.25) is 0 Å². The van der Waals surface area contributed by atoms with E-state index in [0.29, 0.717) is 30.2 Å². The van der Waals surface area contributed by atoms with E-state index < -0.39 is 11.4 Å². The highest BCUT2D eigenvalue weighted by atomic mass is 19.1. The maximum atomic E-state index is 14.1. The number of methoxy groups -OCH3 is 2. The van der Waals surface area contributed by atoms with Crippen molar-refractivity contribution in [3.8, 4) is 22.8 Å². The van der Waals surface area contributed by atoms with Crippen LogP contribution in [0.15, 0.2) is 53.3 Å². The summed E-state index contributed by atoms with van der Waals surface area (Å²) in [6.45, 7) is 2.21. The molecule has 1 aliphatic rings. The van der Waals surface area contributed by atoms with Gasteiger partial charge in [0, 0.05) is 18.2 Å². The second kappa shape index (κ2) is 8.82. The number of carbonyl (C=O) groups is 1. The van der Waals surface area contributed by atoms with Gasteiger partial charge in [-0.1, -0.05) is 12.1 Å². The highest BCUT2D eigenvalue weighted by molar-refractivity contribution is 5.77. The summed E-state index contributed by atoms with van der Waals surface area (Å²) in [4.78, 5) is 27.2. The third-order valence-electron chi connectivity index (χ3n) is 5.81. The minimum Gasteiger partial charge on any atom is -0.493 e. The van der Waals surface area contributed by atoms with Crippen LogP contribution in [0, 0.1) is 5.82 Å². The van der Waals surface area contributed by atoms with E-state index in [9.17, 15) is 14.0 Å². The number of hydrogen-bond donors (Lipinski definition) is 0. The minimum atomic E-state index is -0.442. The van der Waals surface area contributed by atoms with Crippen molar-refractivity contribution in [1.29, 1.82) is 0 Å². The molecule has 2 aromatic carbocycles. The zero-order valence-electron chi connectivity index (χ0n) is 18.2. The lowest BCUT2D eigenvalue weighted by Gasteiger charge is -2.35. The molecule has 1 aromatic heterocycles. The summed E-state index contributed by atoms with van der Waals surface area (Å²) < 4.78 is 26.0. The molecule has 0 aliphatic carbocycles. The van der Waals surface area contributed by atoms with Crippen molar-refractivity contribution >= 4 is 5.91 Å². The van der Waals surface area contributed by atoms with Crippen LogP contribution < -0.4 is 15.0 Å². The van der Waals surface area contributed by atoms with Gasteiger partial charge in [0.05, 0.1) is 26.0 Å². The van der Waals surface area contributed by atoms with Gasteiger partial charge in [-0.2, -0.15) is 5.10 Å². The Morgan fingerprint density at radius 3 is 2.56 bits per heavy atom. The molecule has 4 rings (SSSR count). The van der Waals surface area contributed by atoms with Gasteiger partial charge >= 0.3 is 0 Å². The van der Waals surface area contributed by atoms with Crippen molar-refractivity contribution in [1.82, 2.24) is 14.7 Å². The second-order valence-corrected chi connectivity index (χ2v) is 7.61. The number of fused-ring (bicyclic) bond motifs is 1. The predicted octanol–water partition coefficient (Wildman–Crippen LogP) is 3.21. The number of nitrogens with zero attached hydrogens (tertiary/aromatic N) is 3. The Balaban J connectivity index is 1.59. The van der Waals surface area contributed by atoms with E-state index in [4.69, 9.17) is 9.47 Å². The fourth-order valence-corrected chi connectivity index (χ4v) is 4.08. The maximum absolute atomic E-state index is 14.1. The number of aromatic nitrogens is 2. The maximum Gasteiger partial charge on any atom is 0.267 e. The normalized spacial score (nSPS) is 15.2. The van der Waals surface area contributed by atoms with E-state index in [0.717, 1.165) is 15.8 Å². The SMILES string of the molecule is COc1cc2c(cc1OC)C(C)N(C(=O)Cn1nc(-c3ccccc3F)ccc1=O)CC2. The molecule has 0 radical (unpaired) electrons. The van der Waals surface area contributed by atoms with Crippen molar-refractivity contribution in [3.63, 3.8) is 0 Å². The summed E-state index contributed by atoms with van der Waals surface area (Å²) in [6, 6.07) is 12.6. The first-order valence-corrected chi connectivity index (χ1v) is 10.3. The summed E-state index contributed by atoms with van der Waals surface area (Å²) in [5, 5.41) is 4.24. The van der Waals surface area contributed by atoms with Crippen LogP contribution in [-0.2, 0) is 17.8 Å². The van der Waals surface area contributed by atoms with E-state index >= 15 is 0 Å². The van der Waals surface area contributed by atoms with Crippen molar-refractivity contribution in [2.75, 3.05) is 20.8 Å². The number of amides is 1. The van der Waals surface area contributed by atoms with Gasteiger partial charge in [-0.15, -0.1) is 0 Å². The lowest BCUT2D eigenvalue weighted by Crippen LogP contribution is -2.42. The molecule has 0 bridgehead atoms. The van der Waals surface area contributed by atoms with Crippen LogP contribution in [0.5, 0.6) is 11.5 Å². The molecule has 0 saturated carbocycles. The fraction of sp³-hybridized carbons (Fsp3) is 0.292. The third-order valence-corrected chi connectivity index (χ3v) is 5.81. The molecule has 0 fully saturated rings. The average Bonchev–Trinajstić information content (AvgIpc) is 2.80. The lowest BCUT2D eigenvalue weighted by molar-refractivity contribution is -0.134. The Morgan fingerprint density at radius 1 is 1.12 bits per heavy atom. The van der Waals surface area contributed by atoms with Gasteiger partial charge in [0.1, 0.15) is 12.4 Å². The van der Waals surface area contributed by atoms with Crippen molar-refractivity contribution in [2.24, 2.45) is 0 Å².